The summed E-state index contributed by atoms with van der Waals surface area (Å²) in [7, 11) is 0. The molecule has 0 radical (unpaired) electrons. The van der Waals surface area contributed by atoms with E-state index in [1.165, 1.54) is 31.2 Å². The van der Waals surface area contributed by atoms with E-state index in [2.05, 4.69) is 0 Å². The quantitative estimate of drug-likeness (QED) is 0.488. The molecule has 8 nitrogen and oxygen atoms in total. The molecule has 3 rings (SSSR count). The summed E-state index contributed by atoms with van der Waals surface area (Å²) in [6.45, 7) is 3.49. The molecule has 0 N–H and O–H groups in total. The number of hydrogen-bond acceptors (Lipinski definition) is 8. The van der Waals surface area contributed by atoms with E-state index < -0.39 is 23.3 Å². The molecule has 29 heavy (non-hydrogen) atoms. The predicted octanol–water partition coefficient (Wildman–Crippen LogP) is 3.24. The molecule has 0 aliphatic carbocycles. The molecular weight excluding hydrogens is 380 g/mol. The highest BCUT2D eigenvalue weighted by Gasteiger charge is 2.25. The third-order valence-corrected chi connectivity index (χ3v) is 3.72. The van der Waals surface area contributed by atoms with Crippen LogP contribution in [-0.4, -0.2) is 17.9 Å². The first kappa shape index (κ1) is 19.8. The fourth-order valence-corrected chi connectivity index (χ4v) is 2.72. The standard InChI is InChI=1S/C21H16O8/c1-11(22)26-17-10-6-8-15(19(17)27-12(2)23)20-21(28-13(3)24)18(25)14-7-4-5-9-16(14)29-20/h4-10H,1-3H3. The maximum Gasteiger partial charge on any atom is 0.308 e. The molecule has 0 saturated heterocycles. The van der Waals surface area contributed by atoms with E-state index in [1.807, 2.05) is 0 Å². The Kier molecular flexibility index (Phi) is 5.45. The zero-order chi connectivity index (χ0) is 21.1. The Morgan fingerprint density at radius 2 is 1.38 bits per heavy atom. The molecule has 0 aliphatic rings. The summed E-state index contributed by atoms with van der Waals surface area (Å²) in [6, 6.07) is 10.8. The van der Waals surface area contributed by atoms with Crippen molar-refractivity contribution in [1.82, 2.24) is 0 Å². The van der Waals surface area contributed by atoms with Gasteiger partial charge in [0, 0.05) is 20.8 Å². The lowest BCUT2D eigenvalue weighted by atomic mass is 10.1. The maximum absolute atomic E-state index is 12.9. The van der Waals surface area contributed by atoms with E-state index in [-0.39, 0.29) is 39.5 Å². The predicted molar refractivity (Wildman–Crippen MR) is 102 cm³/mol. The Morgan fingerprint density at radius 3 is 2.03 bits per heavy atom. The van der Waals surface area contributed by atoms with Crippen LogP contribution in [0.3, 0.4) is 0 Å². The zero-order valence-corrected chi connectivity index (χ0v) is 15.8. The van der Waals surface area contributed by atoms with Gasteiger partial charge < -0.3 is 18.6 Å². The average Bonchev–Trinajstić information content (AvgIpc) is 2.64. The lowest BCUT2D eigenvalue weighted by molar-refractivity contribution is -0.134. The van der Waals surface area contributed by atoms with Gasteiger partial charge in [0.2, 0.25) is 11.2 Å². The van der Waals surface area contributed by atoms with Crippen molar-refractivity contribution in [1.29, 1.82) is 0 Å². The van der Waals surface area contributed by atoms with Crippen molar-refractivity contribution in [3.63, 3.8) is 0 Å². The molecule has 3 aromatic rings. The smallest absolute Gasteiger partial charge is 0.308 e. The zero-order valence-electron chi connectivity index (χ0n) is 15.8. The Morgan fingerprint density at radius 1 is 0.759 bits per heavy atom. The minimum atomic E-state index is -0.737. The third kappa shape index (κ3) is 4.16. The molecule has 2 aromatic carbocycles. The number of fused-ring (bicyclic) bond motifs is 1. The molecule has 0 atom stereocenters. The SMILES string of the molecule is CC(=O)Oc1cccc(-c2oc3ccccc3c(=O)c2OC(C)=O)c1OC(C)=O. The van der Waals surface area contributed by atoms with Crippen molar-refractivity contribution in [3.8, 4) is 28.6 Å². The van der Waals surface area contributed by atoms with Crippen molar-refractivity contribution in [2.75, 3.05) is 0 Å². The van der Waals surface area contributed by atoms with Crippen LogP contribution in [0.15, 0.2) is 51.7 Å². The monoisotopic (exact) mass is 396 g/mol. The highest BCUT2D eigenvalue weighted by molar-refractivity contribution is 5.87. The summed E-state index contributed by atoms with van der Waals surface area (Å²) in [5.74, 6) is -2.80. The Labute approximate surface area is 164 Å². The van der Waals surface area contributed by atoms with Crippen LogP contribution in [0.4, 0.5) is 0 Å². The largest absolute Gasteiger partial charge is 0.452 e. The van der Waals surface area contributed by atoms with Crippen LogP contribution in [0.25, 0.3) is 22.3 Å². The Balaban J connectivity index is 2.37. The molecule has 0 saturated carbocycles. The summed E-state index contributed by atoms with van der Waals surface area (Å²) in [5, 5.41) is 0.206. The van der Waals surface area contributed by atoms with Crippen molar-refractivity contribution < 1.29 is 33.0 Å². The highest BCUT2D eigenvalue weighted by Crippen LogP contribution is 2.42. The van der Waals surface area contributed by atoms with E-state index in [0.717, 1.165) is 13.8 Å². The normalized spacial score (nSPS) is 10.4. The van der Waals surface area contributed by atoms with Crippen molar-refractivity contribution in [2.45, 2.75) is 20.8 Å². The molecule has 0 spiro atoms. The van der Waals surface area contributed by atoms with Crippen molar-refractivity contribution in [3.05, 3.63) is 52.7 Å². The van der Waals surface area contributed by atoms with E-state index in [4.69, 9.17) is 18.6 Å². The summed E-state index contributed by atoms with van der Waals surface area (Å²) in [5.41, 5.74) is -0.253. The van der Waals surface area contributed by atoms with Gasteiger partial charge in [0.05, 0.1) is 10.9 Å². The van der Waals surface area contributed by atoms with E-state index in [0.29, 0.717) is 0 Å². The van der Waals surface area contributed by atoms with Crippen molar-refractivity contribution >= 4 is 28.9 Å². The summed E-state index contributed by atoms with van der Waals surface area (Å²) < 4.78 is 21.3. The summed E-state index contributed by atoms with van der Waals surface area (Å²) in [6.07, 6.45) is 0. The number of hydrogen-bond donors (Lipinski definition) is 0. The minimum absolute atomic E-state index is 0.0604. The third-order valence-electron chi connectivity index (χ3n) is 3.72. The number of benzene rings is 2. The van der Waals surface area contributed by atoms with Gasteiger partial charge in [0.15, 0.2) is 17.3 Å². The second-order valence-corrected chi connectivity index (χ2v) is 6.00. The van der Waals surface area contributed by atoms with Gasteiger partial charge in [-0.1, -0.05) is 18.2 Å². The fraction of sp³-hybridized carbons (Fsp3) is 0.143. The molecule has 0 amide bonds. The number of para-hydroxylation sites is 2. The van der Waals surface area contributed by atoms with Crippen LogP contribution >= 0.6 is 0 Å². The first-order valence-electron chi connectivity index (χ1n) is 8.52. The first-order valence-corrected chi connectivity index (χ1v) is 8.52. The number of esters is 3. The highest BCUT2D eigenvalue weighted by atomic mass is 16.6. The molecule has 1 aromatic heterocycles. The molecular formula is C21H16O8. The summed E-state index contributed by atoms with van der Waals surface area (Å²) >= 11 is 0. The molecule has 0 aliphatic heterocycles. The average molecular weight is 396 g/mol. The van der Waals surface area contributed by atoms with Gasteiger partial charge in [-0.2, -0.15) is 0 Å². The van der Waals surface area contributed by atoms with E-state index in [9.17, 15) is 19.2 Å². The number of rotatable bonds is 4. The number of carbonyl (C=O) groups excluding carboxylic acids is 3. The van der Waals surface area contributed by atoms with Crippen LogP contribution in [0.1, 0.15) is 20.8 Å². The van der Waals surface area contributed by atoms with E-state index in [1.54, 1.807) is 18.2 Å². The van der Waals surface area contributed by atoms with Crippen molar-refractivity contribution in [2.24, 2.45) is 0 Å². The van der Waals surface area contributed by atoms with Gasteiger partial charge in [-0.05, 0) is 24.3 Å². The maximum atomic E-state index is 12.9. The number of carbonyl (C=O) groups is 3. The van der Waals surface area contributed by atoms with Gasteiger partial charge in [-0.25, -0.2) is 0 Å². The van der Waals surface area contributed by atoms with Crippen LogP contribution < -0.4 is 19.6 Å². The molecule has 148 valence electrons. The second kappa shape index (κ2) is 7.97. The Bertz CT molecular complexity index is 1190. The first-order chi connectivity index (χ1) is 13.8. The molecule has 1 heterocycles. The molecule has 0 bridgehead atoms. The van der Waals surface area contributed by atoms with Gasteiger partial charge >= 0.3 is 17.9 Å². The van der Waals surface area contributed by atoms with Crippen LogP contribution in [-0.2, 0) is 14.4 Å². The van der Waals surface area contributed by atoms with E-state index >= 15 is 0 Å². The van der Waals surface area contributed by atoms with Gasteiger partial charge in [0.25, 0.3) is 0 Å². The van der Waals surface area contributed by atoms with Crippen LogP contribution in [0.5, 0.6) is 17.2 Å². The van der Waals surface area contributed by atoms with Crippen LogP contribution in [0.2, 0.25) is 0 Å². The van der Waals surface area contributed by atoms with Gasteiger partial charge in [0.1, 0.15) is 5.58 Å². The van der Waals surface area contributed by atoms with Gasteiger partial charge in [-0.15, -0.1) is 0 Å². The molecule has 0 fully saturated rings. The molecule has 8 heteroatoms. The number of ether oxygens (including phenoxy) is 3. The topological polar surface area (TPSA) is 109 Å². The minimum Gasteiger partial charge on any atom is -0.452 e. The van der Waals surface area contributed by atoms with Gasteiger partial charge in [-0.3, -0.25) is 19.2 Å². The fourth-order valence-electron chi connectivity index (χ4n) is 2.72. The van der Waals surface area contributed by atoms with Crippen LogP contribution in [0, 0.1) is 0 Å². The Hall–Kier alpha value is -3.94. The summed E-state index contributed by atoms with van der Waals surface area (Å²) in [4.78, 5) is 47.6. The molecule has 0 unspecified atom stereocenters. The second-order valence-electron chi connectivity index (χ2n) is 6.00. The lowest BCUT2D eigenvalue weighted by Gasteiger charge is -2.15. The lowest BCUT2D eigenvalue weighted by Crippen LogP contribution is -2.14.